The summed E-state index contributed by atoms with van der Waals surface area (Å²) in [5.74, 6) is 0.131. The highest BCUT2D eigenvalue weighted by molar-refractivity contribution is 8.02. The van der Waals surface area contributed by atoms with Gasteiger partial charge in [-0.2, -0.15) is 0 Å². The first kappa shape index (κ1) is 19.0. The van der Waals surface area contributed by atoms with Crippen LogP contribution in [0.2, 0.25) is 0 Å². The monoisotopic (exact) mass is 410 g/mol. The van der Waals surface area contributed by atoms with Crippen LogP contribution >= 0.6 is 23.1 Å². The molecule has 0 bridgehead atoms. The first-order valence-corrected chi connectivity index (χ1v) is 11.1. The normalized spacial score (nSPS) is 14.4. The van der Waals surface area contributed by atoms with Crippen LogP contribution in [0.15, 0.2) is 58.9 Å². The van der Waals surface area contributed by atoms with Gasteiger partial charge in [0.2, 0.25) is 11.0 Å². The van der Waals surface area contributed by atoms with E-state index in [1.165, 1.54) is 34.2 Å². The summed E-state index contributed by atoms with van der Waals surface area (Å²) in [5, 5.41) is 12.3. The molecule has 2 heterocycles. The molecule has 144 valence electrons. The maximum Gasteiger partial charge on any atom is 0.240 e. The van der Waals surface area contributed by atoms with Gasteiger partial charge in [0.15, 0.2) is 4.34 Å². The number of carbonyl (C=O) groups excluding carboxylic acids is 1. The van der Waals surface area contributed by atoms with Crippen molar-refractivity contribution in [3.63, 3.8) is 0 Å². The van der Waals surface area contributed by atoms with E-state index in [9.17, 15) is 4.79 Å². The third-order valence-corrected chi connectivity index (χ3v) is 6.75. The summed E-state index contributed by atoms with van der Waals surface area (Å²) in [6.45, 7) is 3.43. The Morgan fingerprint density at radius 1 is 1.18 bits per heavy atom. The van der Waals surface area contributed by atoms with Gasteiger partial charge in [0.1, 0.15) is 0 Å². The van der Waals surface area contributed by atoms with Gasteiger partial charge in [-0.25, -0.2) is 0 Å². The highest BCUT2D eigenvalue weighted by Crippen LogP contribution is 2.33. The molecule has 0 fully saturated rings. The Kier molecular flexibility index (Phi) is 5.92. The van der Waals surface area contributed by atoms with Gasteiger partial charge in [0.25, 0.3) is 0 Å². The van der Waals surface area contributed by atoms with E-state index >= 15 is 0 Å². The number of nitrogens with zero attached hydrogens (tertiary/aromatic N) is 3. The third kappa shape index (κ3) is 4.36. The molecule has 28 heavy (non-hydrogen) atoms. The predicted octanol–water partition coefficient (Wildman–Crippen LogP) is 4.61. The van der Waals surface area contributed by atoms with Crippen molar-refractivity contribution < 1.29 is 4.79 Å². The van der Waals surface area contributed by atoms with E-state index < -0.39 is 0 Å². The summed E-state index contributed by atoms with van der Waals surface area (Å²) in [5.41, 5.74) is 3.50. The number of aromatic nitrogens is 2. The van der Waals surface area contributed by atoms with Crippen LogP contribution < -0.4 is 10.2 Å². The topological polar surface area (TPSA) is 58.1 Å². The number of anilines is 2. The zero-order chi connectivity index (χ0) is 19.3. The van der Waals surface area contributed by atoms with E-state index in [0.29, 0.717) is 6.54 Å². The van der Waals surface area contributed by atoms with E-state index in [4.69, 9.17) is 0 Å². The quantitative estimate of drug-likeness (QED) is 0.602. The predicted molar refractivity (Wildman–Crippen MR) is 116 cm³/mol. The zero-order valence-electron chi connectivity index (χ0n) is 15.7. The van der Waals surface area contributed by atoms with Crippen molar-refractivity contribution in [2.45, 2.75) is 35.9 Å². The number of benzene rings is 2. The Balaban J connectivity index is 1.37. The van der Waals surface area contributed by atoms with Gasteiger partial charge in [0, 0.05) is 18.8 Å². The average Bonchev–Trinajstić information content (AvgIpc) is 3.19. The van der Waals surface area contributed by atoms with Crippen molar-refractivity contribution in [1.29, 1.82) is 0 Å². The number of aryl methyl sites for hydroxylation is 1. The van der Waals surface area contributed by atoms with E-state index in [1.54, 1.807) is 0 Å². The second kappa shape index (κ2) is 8.75. The van der Waals surface area contributed by atoms with E-state index in [0.717, 1.165) is 34.5 Å². The van der Waals surface area contributed by atoms with Crippen molar-refractivity contribution >= 4 is 39.8 Å². The van der Waals surface area contributed by atoms with Gasteiger partial charge in [-0.1, -0.05) is 71.6 Å². The maximum absolute atomic E-state index is 13.0. The lowest BCUT2D eigenvalue weighted by Gasteiger charge is -2.31. The first-order chi connectivity index (χ1) is 13.7. The van der Waals surface area contributed by atoms with Crippen molar-refractivity contribution in [2.75, 3.05) is 16.8 Å². The number of rotatable bonds is 6. The molecule has 1 atom stereocenters. The van der Waals surface area contributed by atoms with Gasteiger partial charge in [0.05, 0.1) is 5.25 Å². The van der Waals surface area contributed by atoms with Crippen LogP contribution in [0.5, 0.6) is 0 Å². The highest BCUT2D eigenvalue weighted by Gasteiger charge is 2.27. The van der Waals surface area contributed by atoms with Gasteiger partial charge in [-0.05, 0) is 37.0 Å². The number of nitrogens with one attached hydrogen (secondary N) is 1. The molecule has 1 aromatic heterocycles. The summed E-state index contributed by atoms with van der Waals surface area (Å²) in [7, 11) is 0. The maximum atomic E-state index is 13.0. The lowest BCUT2D eigenvalue weighted by Crippen LogP contribution is -2.40. The second-order valence-corrected chi connectivity index (χ2v) is 9.26. The van der Waals surface area contributed by atoms with Crippen LogP contribution in [0.25, 0.3) is 0 Å². The van der Waals surface area contributed by atoms with E-state index in [2.05, 4.69) is 33.7 Å². The Morgan fingerprint density at radius 3 is 2.82 bits per heavy atom. The largest absolute Gasteiger partial charge is 0.356 e. The number of hydrogen-bond donors (Lipinski definition) is 1. The Hall–Kier alpha value is -2.38. The van der Waals surface area contributed by atoms with Gasteiger partial charge >= 0.3 is 0 Å². The fourth-order valence-corrected chi connectivity index (χ4v) is 5.24. The van der Waals surface area contributed by atoms with Crippen LogP contribution in [0.3, 0.4) is 0 Å². The summed E-state index contributed by atoms with van der Waals surface area (Å²) in [4.78, 5) is 15.0. The van der Waals surface area contributed by atoms with Gasteiger partial charge in [-0.15, -0.1) is 10.2 Å². The SMILES string of the molecule is CC(Sc1nnc(NCc2ccccc2)s1)C(=O)N1CCCc2ccccc21. The standard InChI is InChI=1S/C21H22N4OS2/c1-15(19(26)25-13-7-11-17-10-5-6-12-18(17)25)27-21-24-23-20(28-21)22-14-16-8-3-2-4-9-16/h2-6,8-10,12,15H,7,11,13-14H2,1H3,(H,22,23). The number of carbonyl (C=O) groups is 1. The molecule has 2 aromatic carbocycles. The Bertz CT molecular complexity index is 944. The smallest absolute Gasteiger partial charge is 0.240 e. The third-order valence-electron chi connectivity index (χ3n) is 4.69. The molecule has 1 aliphatic rings. The van der Waals surface area contributed by atoms with Crippen molar-refractivity contribution in [3.05, 3.63) is 65.7 Å². The second-order valence-electron chi connectivity index (χ2n) is 6.69. The minimum atomic E-state index is -0.207. The van der Waals surface area contributed by atoms with Gasteiger partial charge < -0.3 is 10.2 Å². The number of fused-ring (bicyclic) bond motifs is 1. The molecule has 1 unspecified atom stereocenters. The number of thioether (sulfide) groups is 1. The molecule has 0 radical (unpaired) electrons. The van der Waals surface area contributed by atoms with E-state index in [1.807, 2.05) is 48.2 Å². The molecular formula is C21H22N4OS2. The van der Waals surface area contributed by atoms with E-state index in [-0.39, 0.29) is 11.2 Å². The van der Waals surface area contributed by atoms with Crippen molar-refractivity contribution in [2.24, 2.45) is 0 Å². The Morgan fingerprint density at radius 2 is 1.96 bits per heavy atom. The van der Waals surface area contributed by atoms with Crippen molar-refractivity contribution in [3.8, 4) is 0 Å². The Labute approximate surface area is 173 Å². The van der Waals surface area contributed by atoms with Gasteiger partial charge in [-0.3, -0.25) is 4.79 Å². The lowest BCUT2D eigenvalue weighted by atomic mass is 10.0. The van der Waals surface area contributed by atoms with Crippen LogP contribution in [-0.4, -0.2) is 27.9 Å². The summed E-state index contributed by atoms with van der Waals surface area (Å²) >= 11 is 2.97. The number of para-hydroxylation sites is 1. The molecule has 5 nitrogen and oxygen atoms in total. The molecule has 0 spiro atoms. The molecule has 1 aliphatic heterocycles. The molecule has 0 saturated heterocycles. The van der Waals surface area contributed by atoms with Crippen molar-refractivity contribution in [1.82, 2.24) is 10.2 Å². The fraction of sp³-hybridized carbons (Fsp3) is 0.286. The molecule has 0 saturated carbocycles. The fourth-order valence-electron chi connectivity index (χ4n) is 3.29. The molecule has 4 rings (SSSR count). The molecule has 1 N–H and O–H groups in total. The number of hydrogen-bond acceptors (Lipinski definition) is 6. The molecule has 0 aliphatic carbocycles. The highest BCUT2D eigenvalue weighted by atomic mass is 32.2. The molecule has 7 heteroatoms. The van der Waals surface area contributed by atoms with Crippen LogP contribution in [-0.2, 0) is 17.8 Å². The molecule has 3 aromatic rings. The summed E-state index contributed by atoms with van der Waals surface area (Å²) in [6.07, 6.45) is 2.04. The number of amides is 1. The van der Waals surface area contributed by atoms with Crippen LogP contribution in [0.1, 0.15) is 24.5 Å². The summed E-state index contributed by atoms with van der Waals surface area (Å²) in [6, 6.07) is 18.4. The van der Waals surface area contributed by atoms with Crippen LogP contribution in [0.4, 0.5) is 10.8 Å². The minimum Gasteiger partial charge on any atom is -0.356 e. The molecule has 1 amide bonds. The first-order valence-electron chi connectivity index (χ1n) is 9.38. The molecular weight excluding hydrogens is 388 g/mol. The lowest BCUT2D eigenvalue weighted by molar-refractivity contribution is -0.117. The summed E-state index contributed by atoms with van der Waals surface area (Å²) < 4.78 is 0.807. The minimum absolute atomic E-state index is 0.131. The zero-order valence-corrected chi connectivity index (χ0v) is 17.3. The van der Waals surface area contributed by atoms with Crippen LogP contribution in [0, 0.1) is 0 Å². The average molecular weight is 411 g/mol.